The molecule has 1 aromatic carbocycles. The zero-order chi connectivity index (χ0) is 17.4. The third-order valence-electron chi connectivity index (χ3n) is 3.08. The van der Waals surface area contributed by atoms with E-state index in [-0.39, 0.29) is 10.7 Å². The topological polar surface area (TPSA) is 74.0 Å². The summed E-state index contributed by atoms with van der Waals surface area (Å²) in [4.78, 5) is 2.56. The van der Waals surface area contributed by atoms with Crippen molar-refractivity contribution in [2.24, 2.45) is 5.73 Å². The zero-order valence-corrected chi connectivity index (χ0v) is 13.9. The molecule has 0 saturated carbocycles. The minimum atomic E-state index is -4.63. The Morgan fingerprint density at radius 2 is 1.91 bits per heavy atom. The number of alkyl halides is 3. The Labute approximate surface area is 139 Å². The van der Waals surface area contributed by atoms with Gasteiger partial charge in [0.2, 0.25) is 0 Å². The number of hydrogen-bond donors (Lipinski definition) is 2. The molecule has 0 aliphatic carbocycles. The summed E-state index contributed by atoms with van der Waals surface area (Å²) >= 11 is 3.69. The first-order valence-corrected chi connectivity index (χ1v) is 8.10. The van der Waals surface area contributed by atoms with Crippen molar-refractivity contribution in [3.05, 3.63) is 41.2 Å². The second-order valence-corrected chi connectivity index (χ2v) is 7.79. The lowest BCUT2D eigenvalue weighted by molar-refractivity contribution is -0.153. The standard InChI is InChI=1S/C14H15ClF3N3OS/c1-13(2,19)23(22)21-12(14(16,17)18)8-3-4-9-7-20-11(15)6-10(9)5-8/h3-7,12,21H,19H2,1-2H3/t12-,23?/m1/s1. The van der Waals surface area contributed by atoms with Crippen LogP contribution >= 0.6 is 11.6 Å². The molecule has 0 fully saturated rings. The fourth-order valence-corrected chi connectivity index (χ4v) is 2.85. The molecule has 9 heteroatoms. The quantitative estimate of drug-likeness (QED) is 0.643. The minimum absolute atomic E-state index is 0.0788. The van der Waals surface area contributed by atoms with Gasteiger partial charge >= 0.3 is 6.18 Å². The van der Waals surface area contributed by atoms with Crippen LogP contribution in [0.2, 0.25) is 5.15 Å². The molecule has 1 heterocycles. The van der Waals surface area contributed by atoms with Gasteiger partial charge in [-0.2, -0.15) is 13.2 Å². The van der Waals surface area contributed by atoms with Gasteiger partial charge in [-0.1, -0.05) is 23.7 Å². The molecule has 0 radical (unpaired) electrons. The number of nitrogens with two attached hydrogens (primary N) is 1. The third kappa shape index (κ3) is 4.48. The summed E-state index contributed by atoms with van der Waals surface area (Å²) in [7, 11) is 0. The predicted octanol–water partition coefficient (Wildman–Crippen LogP) is 3.44. The van der Waals surface area contributed by atoms with Crippen molar-refractivity contribution in [1.82, 2.24) is 9.71 Å². The molecule has 0 spiro atoms. The van der Waals surface area contributed by atoms with E-state index < -0.39 is 28.5 Å². The molecule has 1 aromatic heterocycles. The smallest absolute Gasteiger partial charge is 0.412 e. The predicted molar refractivity (Wildman–Crippen MR) is 85.1 cm³/mol. The lowest BCUT2D eigenvalue weighted by atomic mass is 10.0. The first kappa shape index (κ1) is 18.3. The minimum Gasteiger partial charge on any atom is -0.597 e. The van der Waals surface area contributed by atoms with Crippen molar-refractivity contribution in [3.63, 3.8) is 0 Å². The summed E-state index contributed by atoms with van der Waals surface area (Å²) in [5.74, 6) is 0. The largest absolute Gasteiger partial charge is 0.597 e. The molecule has 0 aliphatic rings. The number of hydrogen-bond acceptors (Lipinski definition) is 4. The Balaban J connectivity index is 2.43. The van der Waals surface area contributed by atoms with E-state index in [2.05, 4.69) is 9.71 Å². The number of benzene rings is 1. The number of nitrogens with zero attached hydrogens (tertiary/aromatic N) is 1. The molecule has 0 saturated heterocycles. The molecule has 1 unspecified atom stereocenters. The molecule has 2 atom stereocenters. The van der Waals surface area contributed by atoms with E-state index in [1.54, 1.807) is 0 Å². The van der Waals surface area contributed by atoms with Gasteiger partial charge in [0.1, 0.15) is 5.15 Å². The number of rotatable bonds is 4. The van der Waals surface area contributed by atoms with Crippen molar-refractivity contribution in [3.8, 4) is 0 Å². The van der Waals surface area contributed by atoms with E-state index in [9.17, 15) is 17.7 Å². The van der Waals surface area contributed by atoms with Crippen LogP contribution in [0.5, 0.6) is 0 Å². The van der Waals surface area contributed by atoms with E-state index in [4.69, 9.17) is 17.3 Å². The van der Waals surface area contributed by atoms with Gasteiger partial charge in [-0.3, -0.25) is 5.73 Å². The van der Waals surface area contributed by atoms with Crippen LogP contribution in [0, 0.1) is 0 Å². The van der Waals surface area contributed by atoms with Gasteiger partial charge in [-0.15, -0.1) is 4.72 Å². The highest BCUT2D eigenvalue weighted by Gasteiger charge is 2.45. The Morgan fingerprint density at radius 3 is 2.48 bits per heavy atom. The number of nitrogens with one attached hydrogen (secondary N) is 1. The lowest BCUT2D eigenvalue weighted by Crippen LogP contribution is -2.51. The molecule has 4 nitrogen and oxygen atoms in total. The van der Waals surface area contributed by atoms with Crippen molar-refractivity contribution < 1.29 is 17.7 Å². The molecule has 3 N–H and O–H groups in total. The Morgan fingerprint density at radius 1 is 1.26 bits per heavy atom. The van der Waals surface area contributed by atoms with E-state index in [1.165, 1.54) is 44.3 Å². The van der Waals surface area contributed by atoms with Gasteiger partial charge in [0.25, 0.3) is 0 Å². The van der Waals surface area contributed by atoms with Crippen molar-refractivity contribution in [2.75, 3.05) is 0 Å². The van der Waals surface area contributed by atoms with Crippen LogP contribution in [0.1, 0.15) is 25.5 Å². The summed E-state index contributed by atoms with van der Waals surface area (Å²) in [5, 5.41) is 1.34. The molecule has 0 amide bonds. The highest BCUT2D eigenvalue weighted by molar-refractivity contribution is 7.90. The maximum Gasteiger partial charge on any atom is 0.412 e. The van der Waals surface area contributed by atoms with Crippen LogP contribution in [0.4, 0.5) is 13.2 Å². The van der Waals surface area contributed by atoms with Crippen LogP contribution in [-0.2, 0) is 11.4 Å². The molecule has 126 valence electrons. The number of aromatic nitrogens is 1. The molecule has 0 aliphatic heterocycles. The second-order valence-electron chi connectivity index (χ2n) is 5.58. The fourth-order valence-electron chi connectivity index (χ4n) is 1.89. The van der Waals surface area contributed by atoms with Gasteiger partial charge in [0, 0.05) is 25.4 Å². The molecule has 0 bridgehead atoms. The Kier molecular flexibility index (Phi) is 5.12. The fraction of sp³-hybridized carbons (Fsp3) is 0.357. The Hall–Kier alpha value is -1.06. The van der Waals surface area contributed by atoms with Gasteiger partial charge in [0.05, 0.1) is 11.4 Å². The monoisotopic (exact) mass is 365 g/mol. The third-order valence-corrected chi connectivity index (χ3v) is 4.69. The number of fused-ring (bicyclic) bond motifs is 1. The van der Waals surface area contributed by atoms with Crippen LogP contribution < -0.4 is 10.5 Å². The van der Waals surface area contributed by atoms with Crippen LogP contribution in [-0.4, -0.2) is 20.6 Å². The van der Waals surface area contributed by atoms with Crippen molar-refractivity contribution in [1.29, 1.82) is 0 Å². The molecule has 2 aromatic rings. The molecule has 2 rings (SSSR count). The average molecular weight is 366 g/mol. The number of pyridine rings is 1. The summed E-state index contributed by atoms with van der Waals surface area (Å²) < 4.78 is 54.1. The second kappa shape index (κ2) is 6.45. The van der Waals surface area contributed by atoms with Crippen LogP contribution in [0.15, 0.2) is 30.5 Å². The lowest BCUT2D eigenvalue weighted by Gasteiger charge is -2.29. The maximum absolute atomic E-state index is 13.4. The zero-order valence-electron chi connectivity index (χ0n) is 12.3. The molecular formula is C14H15ClF3N3OS. The maximum atomic E-state index is 13.4. The number of halogens is 4. The first-order chi connectivity index (χ1) is 10.5. The highest BCUT2D eigenvalue weighted by atomic mass is 35.5. The molecular weight excluding hydrogens is 351 g/mol. The average Bonchev–Trinajstić information content (AvgIpc) is 2.41. The van der Waals surface area contributed by atoms with E-state index >= 15 is 0 Å². The van der Waals surface area contributed by atoms with Crippen LogP contribution in [0.3, 0.4) is 0 Å². The summed E-state index contributed by atoms with van der Waals surface area (Å²) in [5.41, 5.74) is 5.52. The highest BCUT2D eigenvalue weighted by Crippen LogP contribution is 2.35. The van der Waals surface area contributed by atoms with E-state index in [1.807, 2.05) is 0 Å². The van der Waals surface area contributed by atoms with E-state index in [0.717, 1.165) is 0 Å². The summed E-state index contributed by atoms with van der Waals surface area (Å²) in [6.45, 7) is 2.77. The van der Waals surface area contributed by atoms with Crippen molar-refractivity contribution in [2.45, 2.75) is 30.9 Å². The van der Waals surface area contributed by atoms with Crippen LogP contribution in [0.25, 0.3) is 10.8 Å². The van der Waals surface area contributed by atoms with Crippen molar-refractivity contribution >= 4 is 33.7 Å². The normalized spacial score (nSPS) is 15.7. The molecule has 23 heavy (non-hydrogen) atoms. The van der Waals surface area contributed by atoms with Gasteiger partial charge in [0.15, 0.2) is 10.9 Å². The van der Waals surface area contributed by atoms with Gasteiger partial charge in [-0.05, 0) is 23.1 Å². The van der Waals surface area contributed by atoms with Gasteiger partial charge < -0.3 is 4.55 Å². The SMILES string of the molecule is CC(C)(N)[S+]([O-])N[C@H](c1ccc2cnc(Cl)cc2c1)C(F)(F)F. The van der Waals surface area contributed by atoms with Gasteiger partial charge in [-0.25, -0.2) is 4.98 Å². The Bertz CT molecular complexity index is 706. The summed E-state index contributed by atoms with van der Waals surface area (Å²) in [6, 6.07) is 3.52. The van der Waals surface area contributed by atoms with E-state index in [0.29, 0.717) is 10.8 Å². The first-order valence-electron chi connectivity index (χ1n) is 6.57. The summed E-state index contributed by atoms with van der Waals surface area (Å²) in [6.07, 6.45) is -3.16.